The molecule has 8 heteroatoms. The number of benzene rings is 3. The number of amides is 2. The number of nitrogens with zero attached hydrogens (tertiary/aromatic N) is 2. The van der Waals surface area contributed by atoms with Gasteiger partial charge < -0.3 is 10.2 Å². The molecule has 0 aromatic heterocycles. The van der Waals surface area contributed by atoms with E-state index in [-0.39, 0.29) is 18.5 Å². The van der Waals surface area contributed by atoms with Crippen LogP contribution in [0.15, 0.2) is 72.8 Å². The standard InChI is InChI=1S/C31H39N3O4S/c1-22(2)32-31(36)29(19-26-13-8-7-9-14-26)33(20-27-15-11-10-12-24(27)4)30(35)21-34(39(6,37)38)28-17-16-23(3)18-25(28)5/h7-18,22,29H,19-21H2,1-6H3,(H,32,36)/t29-/m1/s1. The number of hydrogen-bond donors (Lipinski definition) is 1. The first-order valence-corrected chi connectivity index (χ1v) is 14.9. The zero-order valence-corrected chi connectivity index (χ0v) is 24.5. The predicted octanol–water partition coefficient (Wildman–Crippen LogP) is 4.54. The largest absolute Gasteiger partial charge is 0.352 e. The number of hydrogen-bond acceptors (Lipinski definition) is 4. The average molecular weight is 550 g/mol. The van der Waals surface area contributed by atoms with Crippen molar-refractivity contribution in [3.05, 3.63) is 101 Å². The maximum Gasteiger partial charge on any atom is 0.244 e. The fourth-order valence-electron chi connectivity index (χ4n) is 4.59. The molecule has 7 nitrogen and oxygen atoms in total. The summed E-state index contributed by atoms with van der Waals surface area (Å²) in [7, 11) is -3.80. The van der Waals surface area contributed by atoms with Crippen LogP contribution in [0.2, 0.25) is 0 Å². The van der Waals surface area contributed by atoms with E-state index in [1.807, 2.05) is 101 Å². The highest BCUT2D eigenvalue weighted by atomic mass is 32.2. The number of aryl methyl sites for hydroxylation is 3. The molecular weight excluding hydrogens is 510 g/mol. The third kappa shape index (κ3) is 8.17. The quantitative estimate of drug-likeness (QED) is 0.380. The van der Waals surface area contributed by atoms with Crippen molar-refractivity contribution in [2.24, 2.45) is 0 Å². The molecule has 0 heterocycles. The van der Waals surface area contributed by atoms with Crippen molar-refractivity contribution in [3.63, 3.8) is 0 Å². The first-order valence-electron chi connectivity index (χ1n) is 13.1. The van der Waals surface area contributed by atoms with E-state index >= 15 is 0 Å². The van der Waals surface area contributed by atoms with Crippen LogP contribution in [0, 0.1) is 20.8 Å². The monoisotopic (exact) mass is 549 g/mol. The molecule has 0 fully saturated rings. The van der Waals surface area contributed by atoms with Gasteiger partial charge in [-0.05, 0) is 62.9 Å². The van der Waals surface area contributed by atoms with Crippen LogP contribution in [0.25, 0.3) is 0 Å². The van der Waals surface area contributed by atoms with E-state index in [9.17, 15) is 18.0 Å². The van der Waals surface area contributed by atoms with Gasteiger partial charge in [-0.2, -0.15) is 0 Å². The van der Waals surface area contributed by atoms with E-state index in [2.05, 4.69) is 5.32 Å². The molecule has 1 atom stereocenters. The van der Waals surface area contributed by atoms with Crippen LogP contribution >= 0.6 is 0 Å². The summed E-state index contributed by atoms with van der Waals surface area (Å²) in [5.41, 5.74) is 4.95. The van der Waals surface area contributed by atoms with Crippen molar-refractivity contribution in [2.75, 3.05) is 17.1 Å². The lowest BCUT2D eigenvalue weighted by Crippen LogP contribution is -2.54. The van der Waals surface area contributed by atoms with Crippen molar-refractivity contribution in [1.29, 1.82) is 0 Å². The number of carbonyl (C=O) groups is 2. The third-order valence-electron chi connectivity index (χ3n) is 6.60. The first-order chi connectivity index (χ1) is 18.4. The Hall–Kier alpha value is -3.65. The van der Waals surface area contributed by atoms with Gasteiger partial charge in [-0.15, -0.1) is 0 Å². The molecule has 1 N–H and O–H groups in total. The summed E-state index contributed by atoms with van der Waals surface area (Å²) in [4.78, 5) is 29.2. The molecule has 208 valence electrons. The fourth-order valence-corrected chi connectivity index (χ4v) is 5.49. The predicted molar refractivity (Wildman–Crippen MR) is 157 cm³/mol. The van der Waals surface area contributed by atoms with Gasteiger partial charge in [0.05, 0.1) is 11.9 Å². The van der Waals surface area contributed by atoms with Crippen molar-refractivity contribution >= 4 is 27.5 Å². The molecular formula is C31H39N3O4S. The van der Waals surface area contributed by atoms with Crippen LogP contribution in [-0.4, -0.2) is 50.0 Å². The molecule has 3 aromatic carbocycles. The lowest BCUT2D eigenvalue weighted by molar-refractivity contribution is -0.140. The maximum atomic E-state index is 14.1. The Balaban J connectivity index is 2.08. The zero-order valence-electron chi connectivity index (χ0n) is 23.6. The van der Waals surface area contributed by atoms with Gasteiger partial charge in [-0.25, -0.2) is 8.42 Å². The summed E-state index contributed by atoms with van der Waals surface area (Å²) in [6, 6.07) is 21.7. The normalized spacial score (nSPS) is 12.2. The smallest absolute Gasteiger partial charge is 0.244 e. The Morgan fingerprint density at radius 1 is 0.872 bits per heavy atom. The molecule has 39 heavy (non-hydrogen) atoms. The van der Waals surface area contributed by atoms with E-state index in [0.717, 1.165) is 38.4 Å². The van der Waals surface area contributed by atoms with Gasteiger partial charge in [0.25, 0.3) is 0 Å². The van der Waals surface area contributed by atoms with E-state index in [1.54, 1.807) is 6.07 Å². The molecule has 0 saturated carbocycles. The second-order valence-corrected chi connectivity index (χ2v) is 12.3. The Kier molecular flexibility index (Phi) is 9.92. The van der Waals surface area contributed by atoms with Crippen LogP contribution in [0.1, 0.15) is 41.7 Å². The Bertz CT molecular complexity index is 1400. The van der Waals surface area contributed by atoms with Gasteiger partial charge in [0.15, 0.2) is 0 Å². The van der Waals surface area contributed by atoms with Gasteiger partial charge >= 0.3 is 0 Å². The van der Waals surface area contributed by atoms with Crippen molar-refractivity contribution < 1.29 is 18.0 Å². The minimum absolute atomic E-state index is 0.131. The fraction of sp³-hybridized carbons (Fsp3) is 0.355. The third-order valence-corrected chi connectivity index (χ3v) is 7.73. The van der Waals surface area contributed by atoms with Gasteiger partial charge in [0, 0.05) is 19.0 Å². The number of nitrogens with one attached hydrogen (secondary N) is 1. The van der Waals surface area contributed by atoms with Gasteiger partial charge in [-0.3, -0.25) is 13.9 Å². The summed E-state index contributed by atoms with van der Waals surface area (Å²) < 4.78 is 27.0. The molecule has 0 aliphatic heterocycles. The topological polar surface area (TPSA) is 86.8 Å². The molecule has 0 aliphatic rings. The van der Waals surface area contributed by atoms with Crippen LogP contribution < -0.4 is 9.62 Å². The van der Waals surface area contributed by atoms with Crippen molar-refractivity contribution in [3.8, 4) is 0 Å². The van der Waals surface area contributed by atoms with Crippen LogP contribution in [0.3, 0.4) is 0 Å². The SMILES string of the molecule is Cc1ccc(N(CC(=O)N(Cc2ccccc2C)[C@H](Cc2ccccc2)C(=O)NC(C)C)S(C)(=O)=O)c(C)c1. The van der Waals surface area contributed by atoms with Crippen molar-refractivity contribution in [2.45, 2.75) is 59.7 Å². The summed E-state index contributed by atoms with van der Waals surface area (Å²) in [6.45, 7) is 9.19. The van der Waals surface area contributed by atoms with Crippen LogP contribution in [0.5, 0.6) is 0 Å². The minimum Gasteiger partial charge on any atom is -0.352 e. The van der Waals surface area contributed by atoms with Gasteiger partial charge in [0.1, 0.15) is 12.6 Å². The molecule has 0 spiro atoms. The number of rotatable bonds is 11. The molecule has 0 radical (unpaired) electrons. The Labute approximate surface area is 232 Å². The molecule has 0 saturated heterocycles. The summed E-state index contributed by atoms with van der Waals surface area (Å²) in [5, 5.41) is 2.96. The highest BCUT2D eigenvalue weighted by Gasteiger charge is 2.33. The van der Waals surface area contributed by atoms with Crippen LogP contribution in [0.4, 0.5) is 5.69 Å². The van der Waals surface area contributed by atoms with E-state index < -0.39 is 28.5 Å². The number of carbonyl (C=O) groups excluding carboxylic acids is 2. The second kappa shape index (κ2) is 12.9. The lowest BCUT2D eigenvalue weighted by atomic mass is 10.0. The summed E-state index contributed by atoms with van der Waals surface area (Å²) in [6.07, 6.45) is 1.39. The molecule has 0 aliphatic carbocycles. The second-order valence-electron chi connectivity index (χ2n) is 10.4. The number of anilines is 1. The molecule has 3 aromatic rings. The van der Waals surface area contributed by atoms with E-state index in [4.69, 9.17) is 0 Å². The van der Waals surface area contributed by atoms with E-state index in [1.165, 1.54) is 4.90 Å². The Morgan fingerprint density at radius 2 is 1.51 bits per heavy atom. The highest BCUT2D eigenvalue weighted by molar-refractivity contribution is 7.92. The summed E-state index contributed by atoms with van der Waals surface area (Å²) >= 11 is 0. The van der Waals surface area contributed by atoms with Gasteiger partial charge in [-0.1, -0.05) is 72.3 Å². The van der Waals surface area contributed by atoms with Crippen LogP contribution in [-0.2, 0) is 32.6 Å². The molecule has 0 bridgehead atoms. The average Bonchev–Trinajstić information content (AvgIpc) is 2.85. The van der Waals surface area contributed by atoms with E-state index in [0.29, 0.717) is 12.1 Å². The molecule has 3 rings (SSSR count). The maximum absolute atomic E-state index is 14.1. The minimum atomic E-state index is -3.80. The zero-order chi connectivity index (χ0) is 28.7. The molecule has 2 amide bonds. The summed E-state index contributed by atoms with van der Waals surface area (Å²) in [5.74, 6) is -0.739. The first kappa shape index (κ1) is 29.9. The highest BCUT2D eigenvalue weighted by Crippen LogP contribution is 2.25. The Morgan fingerprint density at radius 3 is 2.10 bits per heavy atom. The molecule has 0 unspecified atom stereocenters. The number of sulfonamides is 1. The van der Waals surface area contributed by atoms with Crippen molar-refractivity contribution in [1.82, 2.24) is 10.2 Å². The lowest BCUT2D eigenvalue weighted by Gasteiger charge is -2.34. The van der Waals surface area contributed by atoms with Gasteiger partial charge in [0.2, 0.25) is 21.8 Å².